The van der Waals surface area contributed by atoms with E-state index in [-0.39, 0.29) is 12.4 Å². The molecule has 0 bridgehead atoms. The van der Waals surface area contributed by atoms with Gasteiger partial charge in [-0.25, -0.2) is 0 Å². The Balaban J connectivity index is 1.10. The lowest BCUT2D eigenvalue weighted by Gasteiger charge is -2.29. The van der Waals surface area contributed by atoms with Crippen LogP contribution in [0, 0.1) is 0 Å². The topological polar surface area (TPSA) is 36.9 Å². The molecule has 168 valence electrons. The third kappa shape index (κ3) is 8.96. The maximum Gasteiger partial charge on any atom is 0.184 e. The molecule has 4 heteroatoms. The van der Waals surface area contributed by atoms with Crippen molar-refractivity contribution in [2.75, 3.05) is 26.4 Å². The summed E-state index contributed by atoms with van der Waals surface area (Å²) in [6, 6.07) is 18.4. The zero-order chi connectivity index (χ0) is 21.6. The fourth-order valence-corrected chi connectivity index (χ4v) is 3.59. The Morgan fingerprint density at radius 2 is 1.45 bits per heavy atom. The van der Waals surface area contributed by atoms with Crippen LogP contribution in [0.15, 0.2) is 61.2 Å². The molecule has 0 aromatic heterocycles. The van der Waals surface area contributed by atoms with Gasteiger partial charge in [0.05, 0.1) is 19.8 Å². The van der Waals surface area contributed by atoms with Gasteiger partial charge < -0.3 is 18.9 Å². The highest BCUT2D eigenvalue weighted by molar-refractivity contribution is 5.47. The maximum absolute atomic E-state index is 5.91. The van der Waals surface area contributed by atoms with Crippen molar-refractivity contribution in [3.8, 4) is 0 Å². The fourth-order valence-electron chi connectivity index (χ4n) is 3.59. The van der Waals surface area contributed by atoms with Gasteiger partial charge in [0.1, 0.15) is 6.10 Å². The minimum Gasteiger partial charge on any atom is -0.377 e. The van der Waals surface area contributed by atoms with Gasteiger partial charge in [-0.15, -0.1) is 0 Å². The molecule has 2 aromatic carbocycles. The van der Waals surface area contributed by atoms with Crippen LogP contribution >= 0.6 is 0 Å². The maximum atomic E-state index is 5.91. The molecule has 1 fully saturated rings. The van der Waals surface area contributed by atoms with Crippen LogP contribution in [0.5, 0.6) is 0 Å². The van der Waals surface area contributed by atoms with Gasteiger partial charge >= 0.3 is 0 Å². The average Bonchev–Trinajstić information content (AvgIpc) is 2.84. The smallest absolute Gasteiger partial charge is 0.184 e. The minimum absolute atomic E-state index is 0.0464. The van der Waals surface area contributed by atoms with Crippen molar-refractivity contribution in [1.29, 1.82) is 0 Å². The molecule has 0 aliphatic carbocycles. The molecule has 0 N–H and O–H groups in total. The van der Waals surface area contributed by atoms with Crippen LogP contribution in [0.2, 0.25) is 0 Å². The second-order valence-electron chi connectivity index (χ2n) is 8.02. The number of benzene rings is 2. The Hall–Kier alpha value is -1.98. The standard InChI is InChI=1S/C27H36O4/c1-2-23-14-16-24(17-15-23)20-28-18-10-5-3-4-6-11-19-29-26-21-30-27(31-22-26)25-12-8-7-9-13-25/h2,7-9,12-17,26-27H,1,3-6,10-11,18-22H2. The number of hydrogen-bond acceptors (Lipinski definition) is 4. The molecule has 3 rings (SSSR count). The van der Waals surface area contributed by atoms with E-state index in [1.54, 1.807) is 0 Å². The molecule has 4 nitrogen and oxygen atoms in total. The van der Waals surface area contributed by atoms with Crippen LogP contribution in [0.25, 0.3) is 6.08 Å². The van der Waals surface area contributed by atoms with E-state index < -0.39 is 0 Å². The van der Waals surface area contributed by atoms with Crippen molar-refractivity contribution >= 4 is 6.08 Å². The van der Waals surface area contributed by atoms with Gasteiger partial charge in [-0.05, 0) is 24.0 Å². The molecule has 1 aliphatic heterocycles. The number of hydrogen-bond donors (Lipinski definition) is 0. The van der Waals surface area contributed by atoms with Crippen molar-refractivity contribution in [3.05, 3.63) is 77.9 Å². The van der Waals surface area contributed by atoms with Crippen LogP contribution in [0.4, 0.5) is 0 Å². The quantitative estimate of drug-likeness (QED) is 0.333. The Bertz CT molecular complexity index is 721. The molecular formula is C27H36O4. The van der Waals surface area contributed by atoms with Gasteiger partial charge in [0.25, 0.3) is 0 Å². The van der Waals surface area contributed by atoms with Gasteiger partial charge in [0.15, 0.2) is 6.29 Å². The molecular weight excluding hydrogens is 388 g/mol. The molecule has 1 saturated heterocycles. The summed E-state index contributed by atoms with van der Waals surface area (Å²) >= 11 is 0. The molecule has 0 spiro atoms. The summed E-state index contributed by atoms with van der Waals surface area (Å²) in [5.41, 5.74) is 3.43. The number of ether oxygens (including phenoxy) is 4. The van der Waals surface area contributed by atoms with E-state index in [1.807, 2.05) is 36.4 Å². The Morgan fingerprint density at radius 1 is 0.806 bits per heavy atom. The van der Waals surface area contributed by atoms with Gasteiger partial charge in [-0.1, -0.05) is 92.9 Å². The van der Waals surface area contributed by atoms with Crippen molar-refractivity contribution in [2.45, 2.75) is 57.5 Å². The van der Waals surface area contributed by atoms with Crippen molar-refractivity contribution in [1.82, 2.24) is 0 Å². The van der Waals surface area contributed by atoms with E-state index in [2.05, 4.69) is 30.8 Å². The first-order valence-corrected chi connectivity index (χ1v) is 11.5. The third-order valence-electron chi connectivity index (χ3n) is 5.46. The van der Waals surface area contributed by atoms with E-state index in [4.69, 9.17) is 18.9 Å². The average molecular weight is 425 g/mol. The van der Waals surface area contributed by atoms with E-state index >= 15 is 0 Å². The first-order valence-electron chi connectivity index (χ1n) is 11.5. The van der Waals surface area contributed by atoms with Crippen molar-refractivity contribution < 1.29 is 18.9 Å². The van der Waals surface area contributed by atoms with Crippen LogP contribution in [0.3, 0.4) is 0 Å². The molecule has 0 unspecified atom stereocenters. The summed E-state index contributed by atoms with van der Waals surface area (Å²) in [6.07, 6.45) is 8.80. The molecule has 2 aromatic rings. The zero-order valence-corrected chi connectivity index (χ0v) is 18.5. The fraction of sp³-hybridized carbons (Fsp3) is 0.481. The second-order valence-corrected chi connectivity index (χ2v) is 8.02. The lowest BCUT2D eigenvalue weighted by Crippen LogP contribution is -2.33. The predicted molar refractivity (Wildman–Crippen MR) is 125 cm³/mol. The molecule has 0 radical (unpaired) electrons. The number of unbranched alkanes of at least 4 members (excludes halogenated alkanes) is 5. The molecule has 1 heterocycles. The molecule has 31 heavy (non-hydrogen) atoms. The van der Waals surface area contributed by atoms with Crippen molar-refractivity contribution in [2.24, 2.45) is 0 Å². The first-order chi connectivity index (χ1) is 15.3. The zero-order valence-electron chi connectivity index (χ0n) is 18.5. The largest absolute Gasteiger partial charge is 0.377 e. The summed E-state index contributed by atoms with van der Waals surface area (Å²) < 4.78 is 23.3. The van der Waals surface area contributed by atoms with Crippen molar-refractivity contribution in [3.63, 3.8) is 0 Å². The Morgan fingerprint density at radius 3 is 2.13 bits per heavy atom. The van der Waals surface area contributed by atoms with Gasteiger partial charge in [-0.2, -0.15) is 0 Å². The monoisotopic (exact) mass is 424 g/mol. The SMILES string of the molecule is C=Cc1ccc(COCCCCCCCCOC2COC(c3ccccc3)OC2)cc1. The second kappa shape index (κ2) is 14.2. The molecule has 0 atom stereocenters. The van der Waals surface area contributed by atoms with E-state index in [9.17, 15) is 0 Å². The highest BCUT2D eigenvalue weighted by Crippen LogP contribution is 2.23. The van der Waals surface area contributed by atoms with Crippen LogP contribution in [-0.4, -0.2) is 32.5 Å². The lowest BCUT2D eigenvalue weighted by molar-refractivity contribution is -0.230. The number of rotatable bonds is 14. The van der Waals surface area contributed by atoms with E-state index in [1.165, 1.54) is 31.2 Å². The van der Waals surface area contributed by atoms with Gasteiger partial charge in [0.2, 0.25) is 0 Å². The molecule has 0 amide bonds. The van der Waals surface area contributed by atoms with Gasteiger partial charge in [0, 0.05) is 18.8 Å². The third-order valence-corrected chi connectivity index (χ3v) is 5.46. The molecule has 0 saturated carbocycles. The Labute approximate surface area is 187 Å². The predicted octanol–water partition coefficient (Wildman–Crippen LogP) is 6.32. The summed E-state index contributed by atoms with van der Waals surface area (Å²) in [7, 11) is 0. The van der Waals surface area contributed by atoms with Crippen LogP contribution < -0.4 is 0 Å². The minimum atomic E-state index is -0.261. The lowest BCUT2D eigenvalue weighted by atomic mass is 10.1. The van der Waals surface area contributed by atoms with Gasteiger partial charge in [-0.3, -0.25) is 0 Å². The van der Waals surface area contributed by atoms with E-state index in [0.29, 0.717) is 19.8 Å². The normalized spacial score (nSPS) is 18.7. The highest BCUT2D eigenvalue weighted by Gasteiger charge is 2.23. The highest BCUT2D eigenvalue weighted by atomic mass is 16.7. The van der Waals surface area contributed by atoms with Crippen LogP contribution in [-0.2, 0) is 25.6 Å². The first kappa shape index (κ1) is 23.7. The Kier molecular flexibility index (Phi) is 10.8. The summed E-state index contributed by atoms with van der Waals surface area (Å²) in [5, 5.41) is 0. The van der Waals surface area contributed by atoms with Crippen LogP contribution in [0.1, 0.15) is 61.5 Å². The molecule has 1 aliphatic rings. The summed E-state index contributed by atoms with van der Waals surface area (Å²) in [5.74, 6) is 0. The summed E-state index contributed by atoms with van der Waals surface area (Å²) in [6.45, 7) is 7.26. The van der Waals surface area contributed by atoms with E-state index in [0.717, 1.165) is 37.2 Å². The summed E-state index contributed by atoms with van der Waals surface area (Å²) in [4.78, 5) is 0.